The normalized spacial score (nSPS) is 10.4. The minimum atomic E-state index is 0.521. The van der Waals surface area contributed by atoms with E-state index in [1.165, 1.54) is 0 Å². The van der Waals surface area contributed by atoms with Crippen molar-refractivity contribution in [1.29, 1.82) is 0 Å². The first-order valence-corrected chi connectivity index (χ1v) is 7.12. The summed E-state index contributed by atoms with van der Waals surface area (Å²) in [6.07, 6.45) is 0. The lowest BCUT2D eigenvalue weighted by Gasteiger charge is -2.10. The number of hydrogen-bond donors (Lipinski definition) is 1. The Hall–Kier alpha value is -0.410. The van der Waals surface area contributed by atoms with E-state index in [0.29, 0.717) is 21.6 Å². The zero-order chi connectivity index (χ0) is 13.1. The molecule has 18 heavy (non-hydrogen) atoms. The fraction of sp³-hybridized carbons (Fsp3) is 0.0769. The van der Waals surface area contributed by atoms with Crippen molar-refractivity contribution < 1.29 is 0 Å². The lowest BCUT2D eigenvalue weighted by Crippen LogP contribution is -2.00. The minimum Gasteiger partial charge on any atom is -0.380 e. The van der Waals surface area contributed by atoms with Crippen molar-refractivity contribution in [2.75, 3.05) is 5.32 Å². The first-order valence-electron chi connectivity index (χ1n) is 5.20. The van der Waals surface area contributed by atoms with Gasteiger partial charge < -0.3 is 5.32 Å². The van der Waals surface area contributed by atoms with E-state index in [1.807, 2.05) is 30.3 Å². The fourth-order valence-corrected chi connectivity index (χ4v) is 2.60. The molecule has 1 nitrogen and oxygen atoms in total. The molecule has 2 aromatic rings. The van der Waals surface area contributed by atoms with Gasteiger partial charge in [-0.25, -0.2) is 0 Å². The van der Waals surface area contributed by atoms with E-state index in [2.05, 4.69) is 21.2 Å². The van der Waals surface area contributed by atoms with E-state index < -0.39 is 0 Å². The van der Waals surface area contributed by atoms with Gasteiger partial charge in [-0.05, 0) is 29.8 Å². The zero-order valence-corrected chi connectivity index (χ0v) is 13.0. The lowest BCUT2D eigenvalue weighted by molar-refractivity contribution is 1.15. The van der Waals surface area contributed by atoms with E-state index >= 15 is 0 Å². The first-order chi connectivity index (χ1) is 8.58. The average Bonchev–Trinajstić information content (AvgIpc) is 2.33. The molecule has 0 heterocycles. The fourth-order valence-electron chi connectivity index (χ4n) is 1.50. The molecule has 0 bridgehead atoms. The number of halogens is 4. The highest BCUT2D eigenvalue weighted by molar-refractivity contribution is 9.10. The molecular formula is C13H9BrCl3N. The Morgan fingerprint density at radius 1 is 1.00 bits per heavy atom. The van der Waals surface area contributed by atoms with Crippen LogP contribution in [0.25, 0.3) is 0 Å². The molecule has 0 unspecified atom stereocenters. The molecule has 0 atom stereocenters. The van der Waals surface area contributed by atoms with Crippen molar-refractivity contribution in [2.24, 2.45) is 0 Å². The Kier molecular flexibility index (Phi) is 4.79. The summed E-state index contributed by atoms with van der Waals surface area (Å²) in [4.78, 5) is 0. The summed E-state index contributed by atoms with van der Waals surface area (Å²) in [5, 5.41) is 4.97. The Bertz CT molecular complexity index is 572. The molecule has 5 heteroatoms. The highest BCUT2D eigenvalue weighted by Crippen LogP contribution is 2.30. The van der Waals surface area contributed by atoms with E-state index in [0.717, 1.165) is 15.7 Å². The number of benzene rings is 2. The van der Waals surface area contributed by atoms with Crippen molar-refractivity contribution >= 4 is 56.4 Å². The van der Waals surface area contributed by atoms with Crippen LogP contribution < -0.4 is 5.32 Å². The van der Waals surface area contributed by atoms with Gasteiger partial charge in [-0.1, -0.05) is 62.9 Å². The molecule has 0 aliphatic heterocycles. The van der Waals surface area contributed by atoms with Crippen LogP contribution in [-0.4, -0.2) is 0 Å². The van der Waals surface area contributed by atoms with Crippen LogP contribution in [0.3, 0.4) is 0 Å². The van der Waals surface area contributed by atoms with Crippen molar-refractivity contribution in [1.82, 2.24) is 0 Å². The van der Waals surface area contributed by atoms with Gasteiger partial charge in [0.15, 0.2) is 0 Å². The van der Waals surface area contributed by atoms with Gasteiger partial charge in [0.25, 0.3) is 0 Å². The molecule has 0 saturated heterocycles. The molecule has 0 fully saturated rings. The summed E-state index contributed by atoms with van der Waals surface area (Å²) in [7, 11) is 0. The van der Waals surface area contributed by atoms with Gasteiger partial charge >= 0.3 is 0 Å². The van der Waals surface area contributed by atoms with Crippen LogP contribution in [0.1, 0.15) is 5.56 Å². The Morgan fingerprint density at radius 3 is 2.50 bits per heavy atom. The maximum Gasteiger partial charge on any atom is 0.0823 e. The maximum absolute atomic E-state index is 6.14. The summed E-state index contributed by atoms with van der Waals surface area (Å²) in [6.45, 7) is 0.589. The molecule has 94 valence electrons. The van der Waals surface area contributed by atoms with Crippen LogP contribution in [0.5, 0.6) is 0 Å². The van der Waals surface area contributed by atoms with E-state index in [4.69, 9.17) is 34.8 Å². The second-order valence-electron chi connectivity index (χ2n) is 3.69. The first kappa shape index (κ1) is 14.0. The predicted octanol–water partition coefficient (Wildman–Crippen LogP) is 6.02. The van der Waals surface area contributed by atoms with E-state index in [-0.39, 0.29) is 0 Å². The van der Waals surface area contributed by atoms with Crippen LogP contribution in [-0.2, 0) is 6.54 Å². The van der Waals surface area contributed by atoms with Crippen LogP contribution >= 0.6 is 50.7 Å². The van der Waals surface area contributed by atoms with Crippen molar-refractivity contribution in [3.8, 4) is 0 Å². The minimum absolute atomic E-state index is 0.521. The van der Waals surface area contributed by atoms with Crippen LogP contribution in [0.4, 0.5) is 5.69 Å². The predicted molar refractivity (Wildman–Crippen MR) is 82.9 cm³/mol. The van der Waals surface area contributed by atoms with Gasteiger partial charge in [-0.15, -0.1) is 0 Å². The van der Waals surface area contributed by atoms with Crippen LogP contribution in [0.15, 0.2) is 40.9 Å². The number of rotatable bonds is 3. The molecule has 2 rings (SSSR count). The molecule has 2 aromatic carbocycles. The molecule has 0 spiro atoms. The van der Waals surface area contributed by atoms with Gasteiger partial charge in [0.2, 0.25) is 0 Å². The standard InChI is InChI=1S/C13H9BrCl3N/c14-9-5-4-8(11(16)6-9)7-18-12-3-1-2-10(15)13(12)17/h1-6,18H,7H2. The highest BCUT2D eigenvalue weighted by Gasteiger charge is 2.05. The topological polar surface area (TPSA) is 12.0 Å². The molecule has 0 amide bonds. The Morgan fingerprint density at radius 2 is 1.78 bits per heavy atom. The smallest absolute Gasteiger partial charge is 0.0823 e. The summed E-state index contributed by atoms with van der Waals surface area (Å²) < 4.78 is 0.956. The monoisotopic (exact) mass is 363 g/mol. The summed E-state index contributed by atoms with van der Waals surface area (Å²) in [5.41, 5.74) is 1.79. The van der Waals surface area contributed by atoms with Crippen LogP contribution in [0, 0.1) is 0 Å². The molecule has 1 N–H and O–H groups in total. The Labute approximate surface area is 129 Å². The number of anilines is 1. The van der Waals surface area contributed by atoms with Gasteiger partial charge in [0.1, 0.15) is 0 Å². The molecule has 0 aromatic heterocycles. The van der Waals surface area contributed by atoms with Gasteiger partial charge in [-0.2, -0.15) is 0 Å². The highest BCUT2D eigenvalue weighted by atomic mass is 79.9. The summed E-state index contributed by atoms with van der Waals surface area (Å²) >= 11 is 21.5. The summed E-state index contributed by atoms with van der Waals surface area (Å²) in [5.74, 6) is 0. The molecule has 0 aliphatic carbocycles. The number of hydrogen-bond acceptors (Lipinski definition) is 1. The molecule has 0 saturated carbocycles. The lowest BCUT2D eigenvalue weighted by atomic mass is 10.2. The third kappa shape index (κ3) is 3.33. The molecular weight excluding hydrogens is 356 g/mol. The quantitative estimate of drug-likeness (QED) is 0.701. The molecule has 0 aliphatic rings. The molecule has 0 radical (unpaired) electrons. The van der Waals surface area contributed by atoms with Gasteiger partial charge in [-0.3, -0.25) is 0 Å². The third-order valence-corrected chi connectivity index (χ3v) is 4.10. The van der Waals surface area contributed by atoms with Crippen LogP contribution in [0.2, 0.25) is 15.1 Å². The average molecular weight is 365 g/mol. The van der Waals surface area contributed by atoms with Crippen molar-refractivity contribution in [2.45, 2.75) is 6.54 Å². The van der Waals surface area contributed by atoms with E-state index in [9.17, 15) is 0 Å². The van der Waals surface area contributed by atoms with E-state index in [1.54, 1.807) is 6.07 Å². The second-order valence-corrected chi connectivity index (χ2v) is 5.80. The zero-order valence-electron chi connectivity index (χ0n) is 9.18. The number of nitrogens with one attached hydrogen (secondary N) is 1. The summed E-state index contributed by atoms with van der Waals surface area (Å²) in [6, 6.07) is 11.2. The third-order valence-electron chi connectivity index (χ3n) is 2.44. The largest absolute Gasteiger partial charge is 0.380 e. The SMILES string of the molecule is Clc1cc(Br)ccc1CNc1cccc(Cl)c1Cl. The van der Waals surface area contributed by atoms with Gasteiger partial charge in [0.05, 0.1) is 15.7 Å². The van der Waals surface area contributed by atoms with Crippen molar-refractivity contribution in [3.63, 3.8) is 0 Å². The van der Waals surface area contributed by atoms with Gasteiger partial charge in [0, 0.05) is 16.0 Å². The second kappa shape index (κ2) is 6.16. The Balaban J connectivity index is 2.14. The maximum atomic E-state index is 6.14. The van der Waals surface area contributed by atoms with Crippen molar-refractivity contribution in [3.05, 3.63) is 61.5 Å².